The van der Waals surface area contributed by atoms with Crippen molar-refractivity contribution >= 4 is 17.5 Å². The summed E-state index contributed by atoms with van der Waals surface area (Å²) >= 11 is 0. The SMILES string of the molecule is CN(C)C(=O)C1CC2(CCN(c3ccc(C#N)c(C(F)(F)F)c3)CC2)CN1C(=O)Cc1ccccc1. The van der Waals surface area contributed by atoms with Gasteiger partial charge in [-0.05, 0) is 48.4 Å². The van der Waals surface area contributed by atoms with Gasteiger partial charge in [0, 0.05) is 39.4 Å². The van der Waals surface area contributed by atoms with Crippen LogP contribution in [0.25, 0.3) is 0 Å². The average molecular weight is 499 g/mol. The second kappa shape index (κ2) is 9.84. The number of amides is 2. The van der Waals surface area contributed by atoms with Crippen molar-refractivity contribution in [2.24, 2.45) is 5.41 Å². The lowest BCUT2D eigenvalue weighted by molar-refractivity contribution is -0.141. The predicted octanol–water partition coefficient (Wildman–Crippen LogP) is 4.10. The van der Waals surface area contributed by atoms with Crippen LogP contribution in [0.15, 0.2) is 48.5 Å². The largest absolute Gasteiger partial charge is 0.417 e. The molecule has 2 aliphatic heterocycles. The van der Waals surface area contributed by atoms with Crippen LogP contribution in [0.5, 0.6) is 0 Å². The summed E-state index contributed by atoms with van der Waals surface area (Å²) in [5.41, 5.74) is -0.285. The highest BCUT2D eigenvalue weighted by molar-refractivity contribution is 5.89. The number of likely N-dealkylation sites (tertiary alicyclic amines) is 1. The molecule has 4 rings (SSSR count). The number of rotatable bonds is 4. The molecule has 6 nitrogen and oxygen atoms in total. The van der Waals surface area contributed by atoms with Crippen LogP contribution in [-0.2, 0) is 22.2 Å². The number of halogens is 3. The molecule has 1 atom stereocenters. The van der Waals surface area contributed by atoms with Crippen LogP contribution < -0.4 is 4.90 Å². The number of nitrogens with zero attached hydrogens (tertiary/aromatic N) is 4. The van der Waals surface area contributed by atoms with Crippen molar-refractivity contribution in [3.8, 4) is 6.07 Å². The fourth-order valence-corrected chi connectivity index (χ4v) is 5.37. The molecule has 2 aliphatic rings. The Morgan fingerprint density at radius 2 is 1.78 bits per heavy atom. The van der Waals surface area contributed by atoms with Crippen LogP contribution in [-0.4, -0.2) is 61.4 Å². The van der Waals surface area contributed by atoms with E-state index in [0.717, 1.165) is 11.6 Å². The van der Waals surface area contributed by atoms with E-state index in [0.29, 0.717) is 44.6 Å². The van der Waals surface area contributed by atoms with E-state index in [2.05, 4.69) is 0 Å². The Bertz CT molecular complexity index is 1170. The van der Waals surface area contributed by atoms with Gasteiger partial charge in [-0.1, -0.05) is 30.3 Å². The lowest BCUT2D eigenvalue weighted by Gasteiger charge is -2.40. The van der Waals surface area contributed by atoms with Gasteiger partial charge in [-0.3, -0.25) is 9.59 Å². The zero-order valence-corrected chi connectivity index (χ0v) is 20.4. The predicted molar refractivity (Wildman–Crippen MR) is 129 cm³/mol. The van der Waals surface area contributed by atoms with Gasteiger partial charge in [0.2, 0.25) is 11.8 Å². The third kappa shape index (κ3) is 5.18. The number of piperidine rings is 1. The summed E-state index contributed by atoms with van der Waals surface area (Å²) in [4.78, 5) is 31.4. The summed E-state index contributed by atoms with van der Waals surface area (Å²) in [7, 11) is 3.36. The molecule has 1 spiro atoms. The first kappa shape index (κ1) is 25.5. The van der Waals surface area contributed by atoms with Crippen molar-refractivity contribution in [3.05, 3.63) is 65.2 Å². The molecule has 2 amide bonds. The number of nitriles is 1. The smallest absolute Gasteiger partial charge is 0.371 e. The highest BCUT2D eigenvalue weighted by atomic mass is 19.4. The molecule has 0 radical (unpaired) electrons. The minimum Gasteiger partial charge on any atom is -0.371 e. The normalized spacial score (nSPS) is 19.3. The number of alkyl halides is 3. The number of benzene rings is 2. The van der Waals surface area contributed by atoms with Crippen molar-refractivity contribution in [1.29, 1.82) is 5.26 Å². The molecule has 0 N–H and O–H groups in total. The van der Waals surface area contributed by atoms with Crippen molar-refractivity contribution < 1.29 is 22.8 Å². The molecule has 0 aliphatic carbocycles. The first-order valence-corrected chi connectivity index (χ1v) is 11.9. The van der Waals surface area contributed by atoms with Crippen molar-refractivity contribution in [2.45, 2.75) is 37.9 Å². The molecule has 36 heavy (non-hydrogen) atoms. The first-order chi connectivity index (χ1) is 17.0. The summed E-state index contributed by atoms with van der Waals surface area (Å²) in [6.45, 7) is 1.47. The van der Waals surface area contributed by atoms with Crippen LogP contribution in [0.4, 0.5) is 18.9 Å². The van der Waals surface area contributed by atoms with Gasteiger partial charge in [0.05, 0.1) is 23.6 Å². The maximum atomic E-state index is 13.4. The summed E-state index contributed by atoms with van der Waals surface area (Å²) in [6, 6.07) is 14.3. The maximum Gasteiger partial charge on any atom is 0.417 e. The Labute approximate surface area is 208 Å². The van der Waals surface area contributed by atoms with Gasteiger partial charge in [0.25, 0.3) is 0 Å². The fourth-order valence-electron chi connectivity index (χ4n) is 5.37. The van der Waals surface area contributed by atoms with Gasteiger partial charge in [-0.2, -0.15) is 18.4 Å². The Kier molecular flexibility index (Phi) is 6.98. The molecule has 0 bridgehead atoms. The van der Waals surface area contributed by atoms with E-state index in [1.807, 2.05) is 35.2 Å². The van der Waals surface area contributed by atoms with E-state index >= 15 is 0 Å². The number of carbonyl (C=O) groups is 2. The highest BCUT2D eigenvalue weighted by Crippen LogP contribution is 2.45. The van der Waals surface area contributed by atoms with Crippen LogP contribution in [0.2, 0.25) is 0 Å². The minimum atomic E-state index is -4.61. The Morgan fingerprint density at radius 3 is 2.36 bits per heavy atom. The summed E-state index contributed by atoms with van der Waals surface area (Å²) < 4.78 is 40.3. The third-order valence-corrected chi connectivity index (χ3v) is 7.37. The van der Waals surface area contributed by atoms with Crippen LogP contribution >= 0.6 is 0 Å². The summed E-state index contributed by atoms with van der Waals surface area (Å²) in [5, 5.41) is 9.07. The van der Waals surface area contributed by atoms with Gasteiger partial charge >= 0.3 is 6.18 Å². The van der Waals surface area contributed by atoms with E-state index < -0.39 is 23.3 Å². The van der Waals surface area contributed by atoms with Crippen molar-refractivity contribution in [1.82, 2.24) is 9.80 Å². The van der Waals surface area contributed by atoms with Gasteiger partial charge in [-0.25, -0.2) is 0 Å². The van der Waals surface area contributed by atoms with E-state index in [1.54, 1.807) is 31.1 Å². The van der Waals surface area contributed by atoms with E-state index in [1.165, 1.54) is 11.0 Å². The molecule has 0 aromatic heterocycles. The van der Waals surface area contributed by atoms with Gasteiger partial charge in [0.15, 0.2) is 0 Å². The Balaban J connectivity index is 1.51. The molecular formula is C27H29F3N4O2. The molecule has 2 saturated heterocycles. The zero-order chi connectivity index (χ0) is 26.1. The summed E-state index contributed by atoms with van der Waals surface area (Å²) in [6.07, 6.45) is -2.55. The highest BCUT2D eigenvalue weighted by Gasteiger charge is 2.50. The van der Waals surface area contributed by atoms with Gasteiger partial charge in [0.1, 0.15) is 6.04 Å². The Morgan fingerprint density at radius 1 is 1.11 bits per heavy atom. The average Bonchev–Trinajstić information content (AvgIpc) is 3.22. The van der Waals surface area contributed by atoms with Crippen LogP contribution in [0.3, 0.4) is 0 Å². The maximum absolute atomic E-state index is 13.4. The number of carbonyl (C=O) groups excluding carboxylic acids is 2. The number of anilines is 1. The van der Waals surface area contributed by atoms with E-state index in [4.69, 9.17) is 5.26 Å². The number of hydrogen-bond donors (Lipinski definition) is 0. The number of hydrogen-bond acceptors (Lipinski definition) is 4. The van der Waals surface area contributed by atoms with Crippen LogP contribution in [0, 0.1) is 16.7 Å². The third-order valence-electron chi connectivity index (χ3n) is 7.37. The topological polar surface area (TPSA) is 67.7 Å². The molecule has 0 saturated carbocycles. The molecule has 2 aromatic rings. The van der Waals surface area contributed by atoms with Crippen molar-refractivity contribution in [3.63, 3.8) is 0 Å². The fraction of sp³-hybridized carbons (Fsp3) is 0.444. The second-order valence-electron chi connectivity index (χ2n) is 9.96. The van der Waals surface area contributed by atoms with Crippen LogP contribution in [0.1, 0.15) is 36.0 Å². The van der Waals surface area contributed by atoms with Gasteiger partial charge < -0.3 is 14.7 Å². The second-order valence-corrected chi connectivity index (χ2v) is 9.96. The minimum absolute atomic E-state index is 0.0948. The summed E-state index contributed by atoms with van der Waals surface area (Å²) in [5.74, 6) is -0.208. The molecule has 9 heteroatoms. The number of likely N-dealkylation sites (N-methyl/N-ethyl adjacent to an activating group) is 1. The molecule has 1 unspecified atom stereocenters. The molecule has 2 heterocycles. The van der Waals surface area contributed by atoms with Crippen molar-refractivity contribution in [2.75, 3.05) is 38.6 Å². The van der Waals surface area contributed by atoms with E-state index in [9.17, 15) is 22.8 Å². The quantitative estimate of drug-likeness (QED) is 0.637. The van der Waals surface area contributed by atoms with E-state index in [-0.39, 0.29) is 23.7 Å². The molecule has 2 aromatic carbocycles. The Hall–Kier alpha value is -3.54. The molecule has 2 fully saturated rings. The monoisotopic (exact) mass is 498 g/mol. The standard InChI is InChI=1S/C27H29F3N4O2/c1-32(2)25(36)23-16-26(18-34(23)24(35)14-19-6-4-3-5-7-19)10-12-33(13-11-26)21-9-8-20(17-31)22(15-21)27(28,29)30/h3-9,15,23H,10-14,16,18H2,1-2H3. The molecule has 190 valence electrons. The lowest BCUT2D eigenvalue weighted by atomic mass is 9.76. The molecular weight excluding hydrogens is 469 g/mol. The zero-order valence-electron chi connectivity index (χ0n) is 20.4. The first-order valence-electron chi connectivity index (χ1n) is 11.9. The van der Waals surface area contributed by atoms with Gasteiger partial charge in [-0.15, -0.1) is 0 Å². The lowest BCUT2D eigenvalue weighted by Crippen LogP contribution is -2.46.